The highest BCUT2D eigenvalue weighted by molar-refractivity contribution is 5.99. The molecule has 1 aliphatic rings. The number of hydrogen-bond donors (Lipinski definition) is 2. The Balaban J connectivity index is 1.76. The molecule has 2 N–H and O–H groups in total. The van der Waals surface area contributed by atoms with Crippen molar-refractivity contribution >= 4 is 22.8 Å². The highest BCUT2D eigenvalue weighted by Crippen LogP contribution is 2.29. The third-order valence-electron chi connectivity index (χ3n) is 3.93. The van der Waals surface area contributed by atoms with Crippen LogP contribution in [0.3, 0.4) is 0 Å². The van der Waals surface area contributed by atoms with Crippen molar-refractivity contribution in [2.75, 3.05) is 0 Å². The van der Waals surface area contributed by atoms with Crippen molar-refractivity contribution in [2.45, 2.75) is 25.8 Å². The number of halogens is 1. The Morgan fingerprint density at radius 1 is 1.38 bits per heavy atom. The number of aryl methyl sites for hydroxylation is 1. The van der Waals surface area contributed by atoms with E-state index in [1.807, 2.05) is 0 Å². The second-order valence-electron chi connectivity index (χ2n) is 5.37. The van der Waals surface area contributed by atoms with E-state index in [0.717, 1.165) is 0 Å². The first-order valence-corrected chi connectivity index (χ1v) is 6.68. The molecule has 0 unspecified atom stereocenters. The summed E-state index contributed by atoms with van der Waals surface area (Å²) in [6.07, 6.45) is 0.851. The normalized spacial score (nSPS) is 21.0. The number of rotatable bonds is 3. The maximum Gasteiger partial charge on any atom is 0.306 e. The average Bonchev–Trinajstić information content (AvgIpc) is 2.70. The summed E-state index contributed by atoms with van der Waals surface area (Å²) in [5.74, 6) is -1.86. The number of carboxylic acid groups (broad SMARTS) is 1. The lowest BCUT2D eigenvalue weighted by Crippen LogP contribution is -2.46. The van der Waals surface area contributed by atoms with Gasteiger partial charge in [0.05, 0.1) is 5.92 Å². The van der Waals surface area contributed by atoms with Gasteiger partial charge in [0.25, 0.3) is 5.91 Å². The van der Waals surface area contributed by atoms with Crippen LogP contribution in [0.25, 0.3) is 11.0 Å². The number of benzene rings is 1. The van der Waals surface area contributed by atoms with Crippen molar-refractivity contribution in [1.29, 1.82) is 0 Å². The summed E-state index contributed by atoms with van der Waals surface area (Å²) in [6.45, 7) is 1.70. The van der Waals surface area contributed by atoms with Crippen molar-refractivity contribution in [2.24, 2.45) is 5.92 Å². The fraction of sp³-hybridized carbons (Fsp3) is 0.333. The van der Waals surface area contributed by atoms with E-state index in [2.05, 4.69) is 5.32 Å². The number of hydrogen-bond acceptors (Lipinski definition) is 3. The number of nitrogens with one attached hydrogen (secondary N) is 1. The minimum Gasteiger partial charge on any atom is -0.481 e. The highest BCUT2D eigenvalue weighted by Gasteiger charge is 2.36. The molecule has 1 aromatic heterocycles. The van der Waals surface area contributed by atoms with Crippen LogP contribution in [0, 0.1) is 18.7 Å². The lowest BCUT2D eigenvalue weighted by atomic mass is 9.80. The molecule has 0 saturated heterocycles. The van der Waals surface area contributed by atoms with Crippen LogP contribution in [0.4, 0.5) is 4.39 Å². The van der Waals surface area contributed by atoms with Gasteiger partial charge in [0, 0.05) is 17.0 Å². The molecule has 2 aromatic rings. The average molecular weight is 291 g/mol. The Kier molecular flexibility index (Phi) is 3.16. The molecular formula is C15H14FNO4. The maximum absolute atomic E-state index is 13.2. The van der Waals surface area contributed by atoms with Gasteiger partial charge in [-0.2, -0.15) is 0 Å². The predicted molar refractivity (Wildman–Crippen MR) is 72.5 cm³/mol. The number of fused-ring (bicyclic) bond motifs is 1. The van der Waals surface area contributed by atoms with Crippen LogP contribution in [0.15, 0.2) is 22.6 Å². The molecule has 1 aliphatic carbocycles. The summed E-state index contributed by atoms with van der Waals surface area (Å²) in [5.41, 5.74) is 1.03. The summed E-state index contributed by atoms with van der Waals surface area (Å²) in [7, 11) is 0. The van der Waals surface area contributed by atoms with Crippen molar-refractivity contribution in [3.8, 4) is 0 Å². The summed E-state index contributed by atoms with van der Waals surface area (Å²) in [5, 5.41) is 12.1. The second kappa shape index (κ2) is 4.87. The number of furan rings is 1. The maximum atomic E-state index is 13.2. The number of carbonyl (C=O) groups is 2. The Morgan fingerprint density at radius 2 is 2.10 bits per heavy atom. The SMILES string of the molecule is Cc1c(C(=O)NC2CC(C(=O)O)C2)oc2ccc(F)cc12. The topological polar surface area (TPSA) is 79.5 Å². The third-order valence-corrected chi connectivity index (χ3v) is 3.93. The van der Waals surface area contributed by atoms with E-state index in [-0.39, 0.29) is 23.5 Å². The van der Waals surface area contributed by atoms with Crippen LogP contribution < -0.4 is 5.32 Å². The van der Waals surface area contributed by atoms with Crippen molar-refractivity contribution in [3.63, 3.8) is 0 Å². The molecule has 21 heavy (non-hydrogen) atoms. The minimum absolute atomic E-state index is 0.148. The number of carboxylic acids is 1. The predicted octanol–water partition coefficient (Wildman–Crippen LogP) is 2.47. The van der Waals surface area contributed by atoms with E-state index in [1.54, 1.807) is 6.92 Å². The van der Waals surface area contributed by atoms with E-state index in [4.69, 9.17) is 9.52 Å². The first-order chi connectivity index (χ1) is 9.95. The first-order valence-electron chi connectivity index (χ1n) is 6.68. The molecule has 0 spiro atoms. The fourth-order valence-corrected chi connectivity index (χ4v) is 2.60. The largest absolute Gasteiger partial charge is 0.481 e. The molecule has 6 heteroatoms. The molecule has 3 rings (SSSR count). The van der Waals surface area contributed by atoms with Crippen LogP contribution in [-0.4, -0.2) is 23.0 Å². The Hall–Kier alpha value is -2.37. The van der Waals surface area contributed by atoms with Gasteiger partial charge in [-0.3, -0.25) is 9.59 Å². The smallest absolute Gasteiger partial charge is 0.306 e. The molecule has 0 radical (unpaired) electrons. The number of carbonyl (C=O) groups excluding carboxylic acids is 1. The van der Waals surface area contributed by atoms with Gasteiger partial charge in [-0.05, 0) is 38.0 Å². The monoisotopic (exact) mass is 291 g/mol. The van der Waals surface area contributed by atoms with Gasteiger partial charge < -0.3 is 14.8 Å². The molecule has 0 atom stereocenters. The molecule has 1 amide bonds. The third kappa shape index (κ3) is 2.37. The zero-order valence-electron chi connectivity index (χ0n) is 11.4. The number of aliphatic carboxylic acids is 1. The molecule has 0 aliphatic heterocycles. The molecular weight excluding hydrogens is 277 g/mol. The zero-order chi connectivity index (χ0) is 15.1. The Bertz CT molecular complexity index is 731. The quantitative estimate of drug-likeness (QED) is 0.910. The standard InChI is InChI=1S/C15H14FNO4/c1-7-11-6-9(16)2-3-12(11)21-13(7)14(18)17-10-4-8(5-10)15(19)20/h2-3,6,8,10H,4-5H2,1H3,(H,17,18)(H,19,20). The van der Waals surface area contributed by atoms with Gasteiger partial charge in [-0.15, -0.1) is 0 Å². The fourth-order valence-electron chi connectivity index (χ4n) is 2.60. The van der Waals surface area contributed by atoms with Crippen molar-refractivity contribution in [1.82, 2.24) is 5.32 Å². The van der Waals surface area contributed by atoms with Gasteiger partial charge in [0.15, 0.2) is 5.76 Å². The van der Waals surface area contributed by atoms with Gasteiger partial charge in [0.1, 0.15) is 11.4 Å². The van der Waals surface area contributed by atoms with Crippen LogP contribution in [-0.2, 0) is 4.79 Å². The summed E-state index contributed by atoms with van der Waals surface area (Å²) in [6, 6.07) is 3.94. The Labute approximate surface area is 119 Å². The minimum atomic E-state index is -0.837. The second-order valence-corrected chi connectivity index (χ2v) is 5.37. The summed E-state index contributed by atoms with van der Waals surface area (Å²) < 4.78 is 18.7. The van der Waals surface area contributed by atoms with Gasteiger partial charge in [0.2, 0.25) is 0 Å². The van der Waals surface area contributed by atoms with E-state index in [9.17, 15) is 14.0 Å². The van der Waals surface area contributed by atoms with Gasteiger partial charge in [-0.25, -0.2) is 4.39 Å². The van der Waals surface area contributed by atoms with Crippen molar-refractivity contribution < 1.29 is 23.5 Å². The lowest BCUT2D eigenvalue weighted by molar-refractivity contribution is -0.145. The van der Waals surface area contributed by atoms with Crippen LogP contribution in [0.2, 0.25) is 0 Å². The van der Waals surface area contributed by atoms with Crippen LogP contribution >= 0.6 is 0 Å². The molecule has 1 saturated carbocycles. The van der Waals surface area contributed by atoms with Gasteiger partial charge in [-0.1, -0.05) is 0 Å². The van der Waals surface area contributed by atoms with E-state index in [1.165, 1.54) is 18.2 Å². The first kappa shape index (κ1) is 13.6. The van der Waals surface area contributed by atoms with E-state index >= 15 is 0 Å². The molecule has 5 nitrogen and oxygen atoms in total. The van der Waals surface area contributed by atoms with E-state index in [0.29, 0.717) is 29.4 Å². The molecule has 1 fully saturated rings. The molecule has 0 bridgehead atoms. The van der Waals surface area contributed by atoms with E-state index < -0.39 is 11.9 Å². The molecule has 1 aromatic carbocycles. The van der Waals surface area contributed by atoms with Gasteiger partial charge >= 0.3 is 5.97 Å². The zero-order valence-corrected chi connectivity index (χ0v) is 11.4. The summed E-state index contributed by atoms with van der Waals surface area (Å²) >= 11 is 0. The number of amides is 1. The summed E-state index contributed by atoms with van der Waals surface area (Å²) in [4.78, 5) is 22.9. The van der Waals surface area contributed by atoms with Crippen LogP contribution in [0.1, 0.15) is 29.0 Å². The highest BCUT2D eigenvalue weighted by atomic mass is 19.1. The molecule has 1 heterocycles. The van der Waals surface area contributed by atoms with Crippen LogP contribution in [0.5, 0.6) is 0 Å². The molecule has 110 valence electrons. The van der Waals surface area contributed by atoms with Crippen molar-refractivity contribution in [3.05, 3.63) is 35.3 Å². The Morgan fingerprint density at radius 3 is 2.76 bits per heavy atom. The lowest BCUT2D eigenvalue weighted by Gasteiger charge is -2.32.